The highest BCUT2D eigenvalue weighted by molar-refractivity contribution is 7.80. The molecule has 0 aromatic heterocycles. The number of amides is 2. The summed E-state index contributed by atoms with van der Waals surface area (Å²) in [5.41, 5.74) is -0.0555. The van der Waals surface area contributed by atoms with Crippen molar-refractivity contribution in [2.75, 3.05) is 32.8 Å². The van der Waals surface area contributed by atoms with Crippen LogP contribution in [0.15, 0.2) is 24.3 Å². The maximum atomic E-state index is 13.6. The van der Waals surface area contributed by atoms with Crippen LogP contribution in [0.1, 0.15) is 17.3 Å². The number of hydrogen-bond acceptors (Lipinski definition) is 4. The van der Waals surface area contributed by atoms with Crippen molar-refractivity contribution in [2.24, 2.45) is 0 Å². The second-order valence-electron chi connectivity index (χ2n) is 4.91. The smallest absolute Gasteiger partial charge is 0.409 e. The fraction of sp³-hybridized carbons (Fsp3) is 0.400. The van der Waals surface area contributed by atoms with Gasteiger partial charge in [-0.3, -0.25) is 10.1 Å². The molecule has 0 spiro atoms. The van der Waals surface area contributed by atoms with Crippen LogP contribution in [0.25, 0.3) is 0 Å². The predicted octanol–water partition coefficient (Wildman–Crippen LogP) is 1.61. The molecule has 1 aliphatic rings. The van der Waals surface area contributed by atoms with E-state index in [0.29, 0.717) is 32.8 Å². The zero-order valence-electron chi connectivity index (χ0n) is 12.8. The van der Waals surface area contributed by atoms with E-state index in [-0.39, 0.29) is 16.8 Å². The Kier molecular flexibility index (Phi) is 5.86. The fourth-order valence-corrected chi connectivity index (χ4v) is 2.47. The van der Waals surface area contributed by atoms with Crippen molar-refractivity contribution in [1.82, 2.24) is 15.1 Å². The Morgan fingerprint density at radius 3 is 2.43 bits per heavy atom. The lowest BCUT2D eigenvalue weighted by Crippen LogP contribution is -2.54. The summed E-state index contributed by atoms with van der Waals surface area (Å²) in [6, 6.07) is 5.71. The quantitative estimate of drug-likeness (QED) is 0.830. The molecular formula is C15H18FN3O3S. The number of rotatable bonds is 2. The lowest BCUT2D eigenvalue weighted by molar-refractivity contribution is 0.0896. The summed E-state index contributed by atoms with van der Waals surface area (Å²) >= 11 is 5.19. The zero-order valence-corrected chi connectivity index (χ0v) is 13.6. The minimum atomic E-state index is -0.597. The summed E-state index contributed by atoms with van der Waals surface area (Å²) in [5, 5.41) is 2.74. The fourth-order valence-electron chi connectivity index (χ4n) is 2.20. The van der Waals surface area contributed by atoms with Gasteiger partial charge in [-0.25, -0.2) is 9.18 Å². The number of halogens is 1. The van der Waals surface area contributed by atoms with Crippen molar-refractivity contribution < 1.29 is 18.7 Å². The molecule has 0 radical (unpaired) electrons. The van der Waals surface area contributed by atoms with Gasteiger partial charge in [-0.1, -0.05) is 12.1 Å². The highest BCUT2D eigenvalue weighted by atomic mass is 32.1. The molecule has 1 aliphatic heterocycles. The van der Waals surface area contributed by atoms with Crippen molar-refractivity contribution >= 4 is 29.3 Å². The van der Waals surface area contributed by atoms with Gasteiger partial charge in [0.1, 0.15) is 5.82 Å². The highest BCUT2D eigenvalue weighted by Gasteiger charge is 2.24. The first-order valence-corrected chi connectivity index (χ1v) is 7.70. The van der Waals surface area contributed by atoms with E-state index in [1.807, 2.05) is 0 Å². The van der Waals surface area contributed by atoms with E-state index in [0.717, 1.165) is 0 Å². The first-order chi connectivity index (χ1) is 11.0. The van der Waals surface area contributed by atoms with Crippen molar-refractivity contribution in [1.29, 1.82) is 0 Å². The molecular weight excluding hydrogens is 321 g/mol. The number of nitrogens with zero attached hydrogens (tertiary/aromatic N) is 2. The van der Waals surface area contributed by atoms with Gasteiger partial charge in [-0.2, -0.15) is 0 Å². The van der Waals surface area contributed by atoms with Crippen LogP contribution in [0.5, 0.6) is 0 Å². The third-order valence-corrected chi connectivity index (χ3v) is 3.79. The lowest BCUT2D eigenvalue weighted by Gasteiger charge is -2.35. The first-order valence-electron chi connectivity index (χ1n) is 7.29. The van der Waals surface area contributed by atoms with E-state index in [4.69, 9.17) is 17.0 Å². The molecule has 1 N–H and O–H groups in total. The Balaban J connectivity index is 1.87. The Morgan fingerprint density at radius 2 is 1.83 bits per heavy atom. The van der Waals surface area contributed by atoms with Crippen LogP contribution in [0, 0.1) is 5.82 Å². The normalized spacial score (nSPS) is 14.3. The number of piperazine rings is 1. The molecule has 1 saturated heterocycles. The molecule has 1 aromatic carbocycles. The van der Waals surface area contributed by atoms with Crippen LogP contribution in [0.3, 0.4) is 0 Å². The minimum absolute atomic E-state index is 0.0555. The molecule has 0 aliphatic carbocycles. The summed E-state index contributed by atoms with van der Waals surface area (Å²) in [6.45, 7) is 3.95. The van der Waals surface area contributed by atoms with E-state index < -0.39 is 11.7 Å². The van der Waals surface area contributed by atoms with Gasteiger partial charge in [-0.05, 0) is 31.3 Å². The topological polar surface area (TPSA) is 61.9 Å². The largest absolute Gasteiger partial charge is 0.450 e. The monoisotopic (exact) mass is 339 g/mol. The lowest BCUT2D eigenvalue weighted by atomic mass is 10.2. The standard InChI is InChI=1S/C15H18FN3O3S/c1-2-22-15(21)19-9-7-18(8-10-19)14(23)17-13(20)11-5-3-4-6-12(11)16/h3-6H,2,7-10H2,1H3,(H,17,20,23). The predicted molar refractivity (Wildman–Crippen MR) is 86.6 cm³/mol. The SMILES string of the molecule is CCOC(=O)N1CCN(C(=S)NC(=O)c2ccccc2F)CC1. The van der Waals surface area contributed by atoms with Crippen LogP contribution < -0.4 is 5.32 Å². The summed E-state index contributed by atoms with van der Waals surface area (Å²) in [4.78, 5) is 27.0. The van der Waals surface area contributed by atoms with Gasteiger partial charge in [0.25, 0.3) is 5.91 Å². The minimum Gasteiger partial charge on any atom is -0.450 e. The number of nitrogens with one attached hydrogen (secondary N) is 1. The van der Waals surface area contributed by atoms with Gasteiger partial charge in [0.15, 0.2) is 5.11 Å². The van der Waals surface area contributed by atoms with E-state index in [1.54, 1.807) is 22.8 Å². The molecule has 2 rings (SSSR count). The van der Waals surface area contributed by atoms with Crippen LogP contribution in [-0.4, -0.2) is 59.7 Å². The Hall–Kier alpha value is -2.22. The molecule has 6 nitrogen and oxygen atoms in total. The van der Waals surface area contributed by atoms with Gasteiger partial charge in [0.05, 0.1) is 12.2 Å². The third-order valence-electron chi connectivity index (χ3n) is 3.43. The van der Waals surface area contributed by atoms with Crippen molar-refractivity contribution in [3.8, 4) is 0 Å². The van der Waals surface area contributed by atoms with Gasteiger partial charge in [0.2, 0.25) is 0 Å². The number of hydrogen-bond donors (Lipinski definition) is 1. The molecule has 2 amide bonds. The Labute approximate surface area is 139 Å². The maximum Gasteiger partial charge on any atom is 0.409 e. The molecule has 1 fully saturated rings. The van der Waals surface area contributed by atoms with Crippen molar-refractivity contribution in [3.63, 3.8) is 0 Å². The van der Waals surface area contributed by atoms with Crippen LogP contribution >= 0.6 is 12.2 Å². The van der Waals surface area contributed by atoms with E-state index in [2.05, 4.69) is 5.32 Å². The molecule has 23 heavy (non-hydrogen) atoms. The highest BCUT2D eigenvalue weighted by Crippen LogP contribution is 2.08. The molecule has 0 atom stereocenters. The molecule has 124 valence electrons. The first kappa shape index (κ1) is 17.1. The van der Waals surface area contributed by atoms with E-state index in [9.17, 15) is 14.0 Å². The summed E-state index contributed by atoms with van der Waals surface area (Å²) in [7, 11) is 0. The number of thiocarbonyl (C=S) groups is 1. The summed E-state index contributed by atoms with van der Waals surface area (Å²) < 4.78 is 18.5. The van der Waals surface area contributed by atoms with Gasteiger partial charge < -0.3 is 14.5 Å². The molecule has 0 unspecified atom stereocenters. The number of carbonyl (C=O) groups is 2. The average molecular weight is 339 g/mol. The molecule has 8 heteroatoms. The maximum absolute atomic E-state index is 13.6. The molecule has 0 saturated carbocycles. The van der Waals surface area contributed by atoms with E-state index in [1.165, 1.54) is 18.2 Å². The van der Waals surface area contributed by atoms with Crippen LogP contribution in [0.4, 0.5) is 9.18 Å². The third kappa shape index (κ3) is 4.38. The molecule has 0 bridgehead atoms. The van der Waals surface area contributed by atoms with Crippen molar-refractivity contribution in [2.45, 2.75) is 6.92 Å². The summed E-state index contributed by atoms with van der Waals surface area (Å²) in [6.07, 6.45) is -0.353. The van der Waals surface area contributed by atoms with Gasteiger partial charge in [-0.15, -0.1) is 0 Å². The number of ether oxygens (including phenoxy) is 1. The zero-order chi connectivity index (χ0) is 16.8. The average Bonchev–Trinajstić information content (AvgIpc) is 2.55. The van der Waals surface area contributed by atoms with Crippen molar-refractivity contribution in [3.05, 3.63) is 35.6 Å². The van der Waals surface area contributed by atoms with Crippen LogP contribution in [0.2, 0.25) is 0 Å². The number of carbonyl (C=O) groups excluding carboxylic acids is 2. The second-order valence-corrected chi connectivity index (χ2v) is 5.30. The number of benzene rings is 1. The molecule has 1 aromatic rings. The second kappa shape index (κ2) is 7.87. The van der Waals surface area contributed by atoms with Crippen LogP contribution in [-0.2, 0) is 4.74 Å². The Morgan fingerprint density at radius 1 is 1.22 bits per heavy atom. The van der Waals surface area contributed by atoms with Gasteiger partial charge in [0, 0.05) is 26.2 Å². The Bertz CT molecular complexity index is 603. The van der Waals surface area contributed by atoms with E-state index >= 15 is 0 Å². The summed E-state index contributed by atoms with van der Waals surface area (Å²) in [5.74, 6) is -1.18. The van der Waals surface area contributed by atoms with Gasteiger partial charge >= 0.3 is 6.09 Å². The molecule has 1 heterocycles.